The van der Waals surface area contributed by atoms with Crippen LogP contribution >= 0.6 is 0 Å². The molecule has 28 heavy (non-hydrogen) atoms. The highest BCUT2D eigenvalue weighted by Crippen LogP contribution is 2.29. The first-order valence-electron chi connectivity index (χ1n) is 8.92. The molecule has 0 saturated heterocycles. The second-order valence-electron chi connectivity index (χ2n) is 6.03. The van der Waals surface area contributed by atoms with Gasteiger partial charge in [-0.25, -0.2) is 14.8 Å². The zero-order chi connectivity index (χ0) is 20.1. The molecule has 1 aromatic heterocycles. The lowest BCUT2D eigenvalue weighted by atomic mass is 10.0. The van der Waals surface area contributed by atoms with Crippen molar-refractivity contribution in [3.8, 4) is 34.1 Å². The van der Waals surface area contributed by atoms with Crippen molar-refractivity contribution in [1.29, 1.82) is 0 Å². The molecule has 144 valence electrons. The highest BCUT2D eigenvalue weighted by atomic mass is 16.5. The van der Waals surface area contributed by atoms with Gasteiger partial charge in [-0.05, 0) is 62.4 Å². The number of ether oxygens (including phenoxy) is 3. The fraction of sp³-hybridized carbons (Fsp3) is 0.227. The molecule has 6 heteroatoms. The first-order chi connectivity index (χ1) is 13.6. The summed E-state index contributed by atoms with van der Waals surface area (Å²) in [5.41, 5.74) is 3.06. The van der Waals surface area contributed by atoms with Crippen LogP contribution in [0.15, 0.2) is 48.5 Å². The number of aryl methyl sites for hydroxylation is 1. The maximum Gasteiger partial charge on any atom is 0.342 e. The summed E-state index contributed by atoms with van der Waals surface area (Å²) >= 11 is 0. The van der Waals surface area contributed by atoms with E-state index in [4.69, 9.17) is 19.2 Å². The predicted octanol–water partition coefficient (Wildman–Crippen LogP) is 4.31. The number of methoxy groups -OCH3 is 2. The van der Waals surface area contributed by atoms with Crippen LogP contribution in [0.1, 0.15) is 23.0 Å². The maximum absolute atomic E-state index is 12.6. The highest BCUT2D eigenvalue weighted by molar-refractivity contribution is 5.97. The molecule has 0 N–H and O–H groups in total. The Morgan fingerprint density at radius 3 is 1.89 bits per heavy atom. The molecule has 0 spiro atoms. The van der Waals surface area contributed by atoms with Crippen LogP contribution in [0.4, 0.5) is 0 Å². The Morgan fingerprint density at radius 1 is 0.857 bits per heavy atom. The topological polar surface area (TPSA) is 70.5 Å². The van der Waals surface area contributed by atoms with E-state index in [2.05, 4.69) is 4.98 Å². The second kappa shape index (κ2) is 8.52. The van der Waals surface area contributed by atoms with E-state index in [1.54, 1.807) is 28.1 Å². The molecule has 0 unspecified atom stereocenters. The number of benzene rings is 2. The smallest absolute Gasteiger partial charge is 0.342 e. The number of rotatable bonds is 6. The van der Waals surface area contributed by atoms with Crippen LogP contribution in [0.5, 0.6) is 11.5 Å². The minimum absolute atomic E-state index is 0.278. The third-order valence-corrected chi connectivity index (χ3v) is 4.28. The largest absolute Gasteiger partial charge is 0.497 e. The second-order valence-corrected chi connectivity index (χ2v) is 6.03. The Morgan fingerprint density at radius 2 is 1.39 bits per heavy atom. The Balaban J connectivity index is 2.16. The molecule has 0 atom stereocenters. The lowest BCUT2D eigenvalue weighted by molar-refractivity contribution is 0.0525. The van der Waals surface area contributed by atoms with Gasteiger partial charge < -0.3 is 14.2 Å². The minimum atomic E-state index is -0.438. The lowest BCUT2D eigenvalue weighted by Crippen LogP contribution is -2.12. The van der Waals surface area contributed by atoms with Gasteiger partial charge in [-0.2, -0.15) is 0 Å². The van der Waals surface area contributed by atoms with Crippen molar-refractivity contribution in [2.75, 3.05) is 20.8 Å². The molecule has 0 bridgehead atoms. The summed E-state index contributed by atoms with van der Waals surface area (Å²) < 4.78 is 15.7. The molecule has 0 amide bonds. The Labute approximate surface area is 164 Å². The molecule has 3 rings (SSSR count). The normalized spacial score (nSPS) is 10.4. The van der Waals surface area contributed by atoms with E-state index in [9.17, 15) is 4.79 Å². The Bertz CT molecular complexity index is 967. The molecule has 1 heterocycles. The number of hydrogen-bond donors (Lipinski definition) is 0. The van der Waals surface area contributed by atoms with Gasteiger partial charge in [-0.3, -0.25) is 0 Å². The van der Waals surface area contributed by atoms with Crippen LogP contribution in [0.25, 0.3) is 22.6 Å². The van der Waals surface area contributed by atoms with Crippen LogP contribution in [0, 0.1) is 6.92 Å². The number of carbonyl (C=O) groups is 1. The van der Waals surface area contributed by atoms with E-state index < -0.39 is 5.97 Å². The molecule has 0 aliphatic carbocycles. The van der Waals surface area contributed by atoms with Gasteiger partial charge in [0.25, 0.3) is 0 Å². The predicted molar refractivity (Wildman–Crippen MR) is 107 cm³/mol. The van der Waals surface area contributed by atoms with Gasteiger partial charge in [0.2, 0.25) is 0 Å². The fourth-order valence-corrected chi connectivity index (χ4v) is 2.85. The fourth-order valence-electron chi connectivity index (χ4n) is 2.85. The van der Waals surface area contributed by atoms with E-state index in [0.29, 0.717) is 22.8 Å². The van der Waals surface area contributed by atoms with Crippen LogP contribution in [-0.4, -0.2) is 36.8 Å². The van der Waals surface area contributed by atoms with E-state index in [-0.39, 0.29) is 6.61 Å². The van der Waals surface area contributed by atoms with Crippen LogP contribution in [-0.2, 0) is 4.74 Å². The van der Waals surface area contributed by atoms with Crippen molar-refractivity contribution in [3.63, 3.8) is 0 Å². The van der Waals surface area contributed by atoms with E-state index >= 15 is 0 Å². The van der Waals surface area contributed by atoms with Gasteiger partial charge in [-0.1, -0.05) is 0 Å². The van der Waals surface area contributed by atoms with Crippen molar-refractivity contribution in [2.24, 2.45) is 0 Å². The van der Waals surface area contributed by atoms with Gasteiger partial charge >= 0.3 is 5.97 Å². The van der Waals surface area contributed by atoms with Gasteiger partial charge in [0, 0.05) is 11.1 Å². The SMILES string of the molecule is CCOC(=O)c1c(C)nc(-c2ccc(OC)cc2)nc1-c1ccc(OC)cc1. The summed E-state index contributed by atoms with van der Waals surface area (Å²) in [4.78, 5) is 21.8. The van der Waals surface area contributed by atoms with E-state index in [0.717, 1.165) is 22.6 Å². The van der Waals surface area contributed by atoms with E-state index in [1.165, 1.54) is 0 Å². The van der Waals surface area contributed by atoms with Crippen LogP contribution in [0.3, 0.4) is 0 Å². The van der Waals surface area contributed by atoms with Crippen molar-refractivity contribution in [2.45, 2.75) is 13.8 Å². The van der Waals surface area contributed by atoms with Crippen molar-refractivity contribution >= 4 is 5.97 Å². The van der Waals surface area contributed by atoms with Crippen molar-refractivity contribution in [1.82, 2.24) is 9.97 Å². The maximum atomic E-state index is 12.6. The molecular weight excluding hydrogens is 356 g/mol. The average Bonchev–Trinajstić information content (AvgIpc) is 2.73. The lowest BCUT2D eigenvalue weighted by Gasteiger charge is -2.13. The number of hydrogen-bond acceptors (Lipinski definition) is 6. The average molecular weight is 378 g/mol. The molecule has 0 saturated carbocycles. The van der Waals surface area contributed by atoms with Crippen LogP contribution in [0.2, 0.25) is 0 Å². The summed E-state index contributed by atoms with van der Waals surface area (Å²) in [6, 6.07) is 14.8. The number of nitrogens with zero attached hydrogens (tertiary/aromatic N) is 2. The minimum Gasteiger partial charge on any atom is -0.497 e. The number of carbonyl (C=O) groups excluding carboxylic acids is 1. The van der Waals surface area contributed by atoms with Gasteiger partial charge in [-0.15, -0.1) is 0 Å². The van der Waals surface area contributed by atoms with Crippen molar-refractivity contribution < 1.29 is 19.0 Å². The Hall–Kier alpha value is -3.41. The zero-order valence-electron chi connectivity index (χ0n) is 16.4. The molecule has 0 fully saturated rings. The summed E-state index contributed by atoms with van der Waals surface area (Å²) in [6.07, 6.45) is 0. The standard InChI is InChI=1S/C22H22N2O4/c1-5-28-22(25)19-14(2)23-21(16-8-12-18(27-4)13-9-16)24-20(19)15-6-10-17(26-3)11-7-15/h6-13H,5H2,1-4H3. The highest BCUT2D eigenvalue weighted by Gasteiger charge is 2.21. The summed E-state index contributed by atoms with van der Waals surface area (Å²) in [7, 11) is 3.22. The van der Waals surface area contributed by atoms with Gasteiger partial charge in [0.05, 0.1) is 32.2 Å². The first kappa shape index (κ1) is 19.4. The molecule has 2 aromatic carbocycles. The third-order valence-electron chi connectivity index (χ3n) is 4.28. The molecule has 0 aliphatic heterocycles. The molecular formula is C22H22N2O4. The summed E-state index contributed by atoms with van der Waals surface area (Å²) in [6.45, 7) is 3.83. The zero-order valence-corrected chi connectivity index (χ0v) is 16.4. The summed E-state index contributed by atoms with van der Waals surface area (Å²) in [5.74, 6) is 1.56. The molecule has 6 nitrogen and oxygen atoms in total. The van der Waals surface area contributed by atoms with E-state index in [1.807, 2.05) is 48.5 Å². The third kappa shape index (κ3) is 3.96. The number of aromatic nitrogens is 2. The van der Waals surface area contributed by atoms with Gasteiger partial charge in [0.1, 0.15) is 17.1 Å². The van der Waals surface area contributed by atoms with Crippen LogP contribution < -0.4 is 9.47 Å². The molecule has 0 aliphatic rings. The Kier molecular flexibility index (Phi) is 5.89. The molecule has 0 radical (unpaired) electrons. The van der Waals surface area contributed by atoms with Gasteiger partial charge in [0.15, 0.2) is 5.82 Å². The quantitative estimate of drug-likeness (QED) is 0.595. The molecule has 3 aromatic rings. The first-order valence-corrected chi connectivity index (χ1v) is 8.92. The van der Waals surface area contributed by atoms with Crippen molar-refractivity contribution in [3.05, 3.63) is 59.8 Å². The number of esters is 1. The summed E-state index contributed by atoms with van der Waals surface area (Å²) in [5, 5.41) is 0. The monoisotopic (exact) mass is 378 g/mol.